The van der Waals surface area contributed by atoms with E-state index in [1.54, 1.807) is 66.7 Å². The molecular weight excluding hydrogens is 513 g/mol. The molecule has 0 radical (unpaired) electrons. The molecule has 3 aromatic carbocycles. The smallest absolute Gasteiger partial charge is 0.269 e. The molecule has 1 aliphatic heterocycles. The number of nitrogens with zero attached hydrogens (tertiary/aromatic N) is 2. The van der Waals surface area contributed by atoms with Crippen molar-refractivity contribution in [3.05, 3.63) is 104 Å². The minimum atomic E-state index is -0.637. The molecule has 1 atom stereocenters. The maximum atomic E-state index is 13.5. The lowest BCUT2D eigenvalue weighted by molar-refractivity contribution is -0.117. The summed E-state index contributed by atoms with van der Waals surface area (Å²) in [5.74, 6) is -0.895. The number of halogens is 3. The van der Waals surface area contributed by atoms with Crippen molar-refractivity contribution >= 4 is 69.8 Å². The van der Waals surface area contributed by atoms with Crippen molar-refractivity contribution in [3.63, 3.8) is 0 Å². The lowest BCUT2D eigenvalue weighted by Gasteiger charge is -2.18. The number of amides is 2. The van der Waals surface area contributed by atoms with Crippen LogP contribution in [-0.2, 0) is 16.0 Å². The first-order valence-electron chi connectivity index (χ1n) is 10.1. The molecule has 170 valence electrons. The van der Waals surface area contributed by atoms with Crippen molar-refractivity contribution < 1.29 is 9.59 Å². The van der Waals surface area contributed by atoms with Crippen LogP contribution in [-0.4, -0.2) is 17.1 Å². The van der Waals surface area contributed by atoms with Crippen molar-refractivity contribution in [2.75, 3.05) is 10.2 Å². The highest BCUT2D eigenvalue weighted by Gasteiger charge is 2.41. The van der Waals surface area contributed by atoms with Gasteiger partial charge in [0.25, 0.3) is 5.91 Å². The van der Waals surface area contributed by atoms with Gasteiger partial charge < -0.3 is 5.32 Å². The Morgan fingerprint density at radius 2 is 1.76 bits per heavy atom. The van der Waals surface area contributed by atoms with Gasteiger partial charge in [-0.05, 0) is 48.4 Å². The first-order valence-corrected chi connectivity index (χ1v) is 12.1. The molecule has 1 aliphatic rings. The second kappa shape index (κ2) is 10.5. The molecule has 1 heterocycles. The van der Waals surface area contributed by atoms with Gasteiger partial charge in [-0.15, -0.1) is 0 Å². The molecule has 9 heteroatoms. The number of hydrogen-bond acceptors (Lipinski definition) is 4. The number of thioether (sulfide) groups is 1. The second-order valence-corrected chi connectivity index (χ2v) is 9.70. The van der Waals surface area contributed by atoms with E-state index in [0.29, 0.717) is 32.0 Å². The average Bonchev–Trinajstić information content (AvgIpc) is 3.13. The standard InChI is InChI=1S/C25H16Cl3N3O2S/c26-16-7-5-8-17(13-16)30-23(32)19(14-29)25-31(18-9-2-1-3-10-18)24(33)21(34-25)12-15-6-4-11-20(27)22(15)28/h1-11,13,21H,12H2,(H,30,32)/b25-19-/t21-/m0/s1. The average molecular weight is 529 g/mol. The van der Waals surface area contributed by atoms with Crippen molar-refractivity contribution in [1.29, 1.82) is 5.26 Å². The predicted molar refractivity (Wildman–Crippen MR) is 138 cm³/mol. The molecule has 0 bridgehead atoms. The van der Waals surface area contributed by atoms with Gasteiger partial charge in [0.15, 0.2) is 0 Å². The summed E-state index contributed by atoms with van der Waals surface area (Å²) in [6.45, 7) is 0. The number of hydrogen-bond donors (Lipinski definition) is 1. The van der Waals surface area contributed by atoms with E-state index in [9.17, 15) is 14.9 Å². The molecule has 0 saturated carbocycles. The highest BCUT2D eigenvalue weighted by Crippen LogP contribution is 2.43. The van der Waals surface area contributed by atoms with Crippen LogP contribution in [0.25, 0.3) is 0 Å². The van der Waals surface area contributed by atoms with E-state index in [4.69, 9.17) is 34.8 Å². The summed E-state index contributed by atoms with van der Waals surface area (Å²) in [6, 6.07) is 22.7. The molecule has 34 heavy (non-hydrogen) atoms. The van der Waals surface area contributed by atoms with Gasteiger partial charge in [-0.2, -0.15) is 5.26 Å². The Morgan fingerprint density at radius 3 is 2.47 bits per heavy atom. The third kappa shape index (κ3) is 5.08. The summed E-state index contributed by atoms with van der Waals surface area (Å²) in [5.41, 5.74) is 1.52. The van der Waals surface area contributed by atoms with Crippen molar-refractivity contribution in [3.8, 4) is 6.07 Å². The zero-order chi connectivity index (χ0) is 24.2. The van der Waals surface area contributed by atoms with Crippen LogP contribution >= 0.6 is 46.6 Å². The number of nitrogens with one attached hydrogen (secondary N) is 1. The van der Waals surface area contributed by atoms with Crippen LogP contribution in [0.5, 0.6) is 0 Å². The van der Waals surface area contributed by atoms with Gasteiger partial charge in [-0.3, -0.25) is 14.5 Å². The van der Waals surface area contributed by atoms with E-state index >= 15 is 0 Å². The summed E-state index contributed by atoms with van der Waals surface area (Å²) in [6.07, 6.45) is 0.282. The highest BCUT2D eigenvalue weighted by atomic mass is 35.5. The van der Waals surface area contributed by atoms with Gasteiger partial charge in [0.05, 0.1) is 15.3 Å². The lowest BCUT2D eigenvalue weighted by Crippen LogP contribution is -2.30. The molecule has 5 nitrogen and oxygen atoms in total. The van der Waals surface area contributed by atoms with Crippen LogP contribution in [0.3, 0.4) is 0 Å². The third-order valence-corrected chi connectivity index (χ3v) is 7.40. The molecule has 4 rings (SSSR count). The molecule has 1 fully saturated rings. The van der Waals surface area contributed by atoms with Crippen LogP contribution in [0.2, 0.25) is 15.1 Å². The van der Waals surface area contributed by atoms with Crippen molar-refractivity contribution in [2.24, 2.45) is 0 Å². The van der Waals surface area contributed by atoms with E-state index in [-0.39, 0.29) is 22.9 Å². The fraction of sp³-hybridized carbons (Fsp3) is 0.0800. The normalized spacial score (nSPS) is 16.8. The van der Waals surface area contributed by atoms with Crippen LogP contribution < -0.4 is 10.2 Å². The molecule has 0 spiro atoms. The highest BCUT2D eigenvalue weighted by molar-refractivity contribution is 8.05. The quantitative estimate of drug-likeness (QED) is 0.295. The molecule has 0 aliphatic carbocycles. The summed E-state index contributed by atoms with van der Waals surface area (Å²) >= 11 is 19.6. The van der Waals surface area contributed by atoms with Gasteiger partial charge in [-0.25, -0.2) is 0 Å². The molecule has 1 N–H and O–H groups in total. The second-order valence-electron chi connectivity index (χ2n) is 7.29. The zero-order valence-corrected chi connectivity index (χ0v) is 20.6. The van der Waals surface area contributed by atoms with E-state index in [0.717, 1.165) is 11.8 Å². The number of carbonyl (C=O) groups is 2. The number of rotatable bonds is 5. The Balaban J connectivity index is 1.73. The monoisotopic (exact) mass is 527 g/mol. The summed E-state index contributed by atoms with van der Waals surface area (Å²) in [4.78, 5) is 28.0. The first kappa shape index (κ1) is 24.2. The van der Waals surface area contributed by atoms with E-state index in [1.807, 2.05) is 12.1 Å². The van der Waals surface area contributed by atoms with Crippen molar-refractivity contribution in [2.45, 2.75) is 11.7 Å². The maximum absolute atomic E-state index is 13.5. The van der Waals surface area contributed by atoms with E-state index < -0.39 is 11.2 Å². The number of para-hydroxylation sites is 1. The van der Waals surface area contributed by atoms with E-state index in [2.05, 4.69) is 5.32 Å². The fourth-order valence-electron chi connectivity index (χ4n) is 3.46. The van der Waals surface area contributed by atoms with Crippen LogP contribution in [0.15, 0.2) is 83.4 Å². The molecular formula is C25H16Cl3N3O2S. The topological polar surface area (TPSA) is 73.2 Å². The molecule has 1 saturated heterocycles. The van der Waals surface area contributed by atoms with Gasteiger partial charge in [0.1, 0.15) is 16.7 Å². The Kier molecular flexibility index (Phi) is 7.50. The number of anilines is 2. The number of benzene rings is 3. The van der Waals surface area contributed by atoms with E-state index in [1.165, 1.54) is 4.90 Å². The lowest BCUT2D eigenvalue weighted by atomic mass is 10.1. The molecule has 0 aromatic heterocycles. The summed E-state index contributed by atoms with van der Waals surface area (Å²) in [5, 5.41) is 13.5. The predicted octanol–water partition coefficient (Wildman–Crippen LogP) is 6.71. The Hall–Kier alpha value is -2.95. The number of carbonyl (C=O) groups excluding carboxylic acids is 2. The van der Waals surface area contributed by atoms with Gasteiger partial charge >= 0.3 is 0 Å². The zero-order valence-electron chi connectivity index (χ0n) is 17.5. The van der Waals surface area contributed by atoms with Gasteiger partial charge in [-0.1, -0.05) is 83.0 Å². The largest absolute Gasteiger partial charge is 0.321 e. The van der Waals surface area contributed by atoms with Crippen molar-refractivity contribution in [1.82, 2.24) is 0 Å². The molecule has 0 unspecified atom stereocenters. The van der Waals surface area contributed by atoms with Crippen LogP contribution in [0.4, 0.5) is 11.4 Å². The summed E-state index contributed by atoms with van der Waals surface area (Å²) < 4.78 is 0. The van der Waals surface area contributed by atoms with Gasteiger partial charge in [0.2, 0.25) is 5.91 Å². The minimum absolute atomic E-state index is 0.179. The number of nitriles is 1. The van der Waals surface area contributed by atoms with Crippen LogP contribution in [0.1, 0.15) is 5.56 Å². The first-order chi connectivity index (χ1) is 16.4. The Morgan fingerprint density at radius 1 is 1.03 bits per heavy atom. The SMILES string of the molecule is N#C/C(C(=O)Nc1cccc(Cl)c1)=C1/S[C@@H](Cc2cccc(Cl)c2Cl)C(=O)N1c1ccccc1. The Bertz CT molecular complexity index is 1340. The minimum Gasteiger partial charge on any atom is -0.321 e. The van der Waals surface area contributed by atoms with Crippen LogP contribution in [0, 0.1) is 11.3 Å². The molecule has 3 aromatic rings. The Labute approximate surface area is 215 Å². The third-order valence-electron chi connectivity index (χ3n) is 5.04. The van der Waals surface area contributed by atoms with Gasteiger partial charge in [0, 0.05) is 16.4 Å². The fourth-order valence-corrected chi connectivity index (χ4v) is 5.35. The molecule has 2 amide bonds. The maximum Gasteiger partial charge on any atom is 0.269 e. The summed E-state index contributed by atoms with van der Waals surface area (Å²) in [7, 11) is 0.